The lowest BCUT2D eigenvalue weighted by atomic mass is 10.1. The van der Waals surface area contributed by atoms with Crippen LogP contribution in [0.3, 0.4) is 0 Å². The Hall–Kier alpha value is 0.270. The van der Waals surface area contributed by atoms with Gasteiger partial charge < -0.3 is 9.84 Å². The predicted octanol–water partition coefficient (Wildman–Crippen LogP) is 2.65. The Balaban J connectivity index is 2.92. The predicted molar refractivity (Wildman–Crippen MR) is 64.1 cm³/mol. The van der Waals surface area contributed by atoms with Crippen molar-refractivity contribution in [2.24, 2.45) is 0 Å². The van der Waals surface area contributed by atoms with Crippen LogP contribution in [0.15, 0.2) is 0 Å². The van der Waals surface area contributed by atoms with Gasteiger partial charge in [-0.25, -0.2) is 0 Å². The van der Waals surface area contributed by atoms with Crippen LogP contribution in [0, 0.1) is 0 Å². The summed E-state index contributed by atoms with van der Waals surface area (Å²) >= 11 is 4.13. The van der Waals surface area contributed by atoms with Crippen LogP contribution in [0.2, 0.25) is 0 Å². The van der Waals surface area contributed by atoms with Crippen molar-refractivity contribution in [3.63, 3.8) is 0 Å². The van der Waals surface area contributed by atoms with Crippen molar-refractivity contribution in [3.05, 3.63) is 0 Å². The normalized spacial score (nSPS) is 13.1. The van der Waals surface area contributed by atoms with Crippen molar-refractivity contribution < 1.29 is 9.84 Å². The number of aliphatic hydroxyl groups excluding tert-OH is 1. The molecular formula is C11H24O2S. The molecule has 0 amide bonds. The average molecular weight is 220 g/mol. The highest BCUT2D eigenvalue weighted by Gasteiger charge is 1.99. The first-order valence-corrected chi connectivity index (χ1v) is 6.19. The molecule has 86 valence electrons. The van der Waals surface area contributed by atoms with E-state index in [1.54, 1.807) is 0 Å². The highest BCUT2D eigenvalue weighted by Crippen LogP contribution is 2.05. The van der Waals surface area contributed by atoms with Crippen molar-refractivity contribution in [3.8, 4) is 0 Å². The minimum Gasteiger partial charge on any atom is -0.395 e. The monoisotopic (exact) mass is 220 g/mol. The molecule has 0 aromatic heterocycles. The van der Waals surface area contributed by atoms with Crippen molar-refractivity contribution in [1.29, 1.82) is 0 Å². The van der Waals surface area contributed by atoms with Gasteiger partial charge in [0.25, 0.3) is 0 Å². The third kappa shape index (κ3) is 10.4. The van der Waals surface area contributed by atoms with Gasteiger partial charge in [-0.2, -0.15) is 12.6 Å². The van der Waals surface area contributed by atoms with Crippen molar-refractivity contribution in [2.45, 2.75) is 50.7 Å². The lowest BCUT2D eigenvalue weighted by Crippen LogP contribution is -2.13. The summed E-state index contributed by atoms with van der Waals surface area (Å²) in [7, 11) is 0. The van der Waals surface area contributed by atoms with Gasteiger partial charge >= 0.3 is 0 Å². The second-order valence-corrected chi connectivity index (χ2v) is 4.41. The molecule has 0 aliphatic carbocycles. The molecule has 0 saturated carbocycles. The van der Waals surface area contributed by atoms with Crippen LogP contribution in [0.4, 0.5) is 0 Å². The Morgan fingerprint density at radius 1 is 1.14 bits per heavy atom. The van der Waals surface area contributed by atoms with E-state index in [1.807, 2.05) is 0 Å². The van der Waals surface area contributed by atoms with Crippen molar-refractivity contribution in [1.82, 2.24) is 0 Å². The van der Waals surface area contributed by atoms with E-state index in [4.69, 9.17) is 9.84 Å². The van der Waals surface area contributed by atoms with Gasteiger partial charge in [0.05, 0.1) is 13.2 Å². The lowest BCUT2D eigenvalue weighted by Gasteiger charge is -2.07. The van der Waals surface area contributed by atoms with Crippen molar-refractivity contribution in [2.75, 3.05) is 19.8 Å². The summed E-state index contributed by atoms with van der Waals surface area (Å²) in [6.07, 6.45) is 7.72. The number of aliphatic hydroxyl groups is 1. The Morgan fingerprint density at radius 3 is 2.43 bits per heavy atom. The van der Waals surface area contributed by atoms with Crippen LogP contribution >= 0.6 is 12.6 Å². The summed E-state index contributed by atoms with van der Waals surface area (Å²) in [5, 5.41) is 8.66. The van der Waals surface area contributed by atoms with E-state index in [0.29, 0.717) is 6.61 Å². The van der Waals surface area contributed by atoms with Gasteiger partial charge in [0.1, 0.15) is 0 Å². The van der Waals surface area contributed by atoms with E-state index in [1.165, 1.54) is 32.1 Å². The van der Waals surface area contributed by atoms with E-state index in [-0.39, 0.29) is 11.9 Å². The van der Waals surface area contributed by atoms with Gasteiger partial charge in [-0.05, 0) is 6.42 Å². The molecule has 0 aliphatic rings. The van der Waals surface area contributed by atoms with Crippen molar-refractivity contribution >= 4 is 12.6 Å². The van der Waals surface area contributed by atoms with E-state index in [2.05, 4.69) is 19.6 Å². The molecule has 14 heavy (non-hydrogen) atoms. The van der Waals surface area contributed by atoms with E-state index < -0.39 is 0 Å². The maximum atomic E-state index is 8.68. The first kappa shape index (κ1) is 14.3. The molecule has 3 heteroatoms. The largest absolute Gasteiger partial charge is 0.395 e. The molecule has 0 bridgehead atoms. The zero-order chi connectivity index (χ0) is 10.6. The van der Waals surface area contributed by atoms with Crippen LogP contribution in [0.25, 0.3) is 0 Å². The maximum absolute atomic E-state index is 8.68. The number of ether oxygens (including phenoxy) is 1. The van der Waals surface area contributed by atoms with E-state index in [9.17, 15) is 0 Å². The summed E-state index contributed by atoms with van der Waals surface area (Å²) in [5.41, 5.74) is 0. The first-order chi connectivity index (χ1) is 6.81. The number of hydrogen-bond acceptors (Lipinski definition) is 3. The Bertz CT molecular complexity index is 109. The van der Waals surface area contributed by atoms with Gasteiger partial charge in [0.15, 0.2) is 0 Å². The molecule has 0 saturated heterocycles. The summed E-state index contributed by atoms with van der Waals surface area (Å²) in [4.78, 5) is 0. The standard InChI is InChI=1S/C11H24O2S/c1-2-3-4-5-6-7-8-13-10-11(14)9-12/h11-12,14H,2-10H2,1H3. The average Bonchev–Trinajstić information content (AvgIpc) is 2.21. The zero-order valence-corrected chi connectivity index (χ0v) is 10.1. The van der Waals surface area contributed by atoms with E-state index in [0.717, 1.165) is 13.0 Å². The Morgan fingerprint density at radius 2 is 1.79 bits per heavy atom. The Labute approximate surface area is 93.5 Å². The van der Waals surface area contributed by atoms with Gasteiger partial charge in [0, 0.05) is 11.9 Å². The number of thiol groups is 1. The second kappa shape index (κ2) is 11.3. The van der Waals surface area contributed by atoms with Gasteiger partial charge in [-0.1, -0.05) is 39.0 Å². The van der Waals surface area contributed by atoms with Gasteiger partial charge in [0.2, 0.25) is 0 Å². The minimum absolute atomic E-state index is 0.0184. The molecule has 0 fully saturated rings. The van der Waals surface area contributed by atoms with Crippen LogP contribution in [-0.4, -0.2) is 30.2 Å². The lowest BCUT2D eigenvalue weighted by molar-refractivity contribution is 0.117. The minimum atomic E-state index is -0.0184. The molecule has 2 nitrogen and oxygen atoms in total. The third-order valence-electron chi connectivity index (χ3n) is 2.16. The van der Waals surface area contributed by atoms with Crippen LogP contribution in [0.1, 0.15) is 45.4 Å². The molecule has 0 heterocycles. The topological polar surface area (TPSA) is 29.5 Å². The van der Waals surface area contributed by atoms with Crippen LogP contribution in [0.5, 0.6) is 0 Å². The molecule has 1 unspecified atom stereocenters. The molecule has 0 radical (unpaired) electrons. The number of rotatable bonds is 10. The molecule has 0 aromatic rings. The zero-order valence-electron chi connectivity index (χ0n) is 9.24. The van der Waals surface area contributed by atoms with Crippen LogP contribution in [-0.2, 0) is 4.74 Å². The molecule has 0 spiro atoms. The summed E-state index contributed by atoms with van der Waals surface area (Å²) in [6, 6.07) is 0. The van der Waals surface area contributed by atoms with Gasteiger partial charge in [-0.3, -0.25) is 0 Å². The first-order valence-electron chi connectivity index (χ1n) is 5.68. The van der Waals surface area contributed by atoms with Gasteiger partial charge in [-0.15, -0.1) is 0 Å². The highest BCUT2D eigenvalue weighted by molar-refractivity contribution is 7.81. The second-order valence-electron chi connectivity index (χ2n) is 3.68. The molecule has 0 aliphatic heterocycles. The molecule has 0 rings (SSSR count). The molecule has 1 N–H and O–H groups in total. The van der Waals surface area contributed by atoms with Crippen LogP contribution < -0.4 is 0 Å². The fourth-order valence-electron chi connectivity index (χ4n) is 1.26. The summed E-state index contributed by atoms with van der Waals surface area (Å²) < 4.78 is 5.36. The highest BCUT2D eigenvalue weighted by atomic mass is 32.1. The number of hydrogen-bond donors (Lipinski definition) is 2. The maximum Gasteiger partial charge on any atom is 0.0604 e. The molecule has 1 atom stereocenters. The third-order valence-corrected chi connectivity index (χ3v) is 2.48. The fraction of sp³-hybridized carbons (Fsp3) is 1.00. The molecule has 0 aromatic carbocycles. The SMILES string of the molecule is CCCCCCCCOCC(S)CO. The smallest absolute Gasteiger partial charge is 0.0604 e. The summed E-state index contributed by atoms with van der Waals surface area (Å²) in [6.45, 7) is 3.70. The van der Waals surface area contributed by atoms with E-state index >= 15 is 0 Å². The number of unbranched alkanes of at least 4 members (excludes halogenated alkanes) is 5. The Kier molecular flexibility index (Phi) is 11.6. The fourth-order valence-corrected chi connectivity index (χ4v) is 1.36. The quantitative estimate of drug-likeness (QED) is 0.438. The summed E-state index contributed by atoms with van der Waals surface area (Å²) in [5.74, 6) is 0. The molecular weight excluding hydrogens is 196 g/mol.